The fourth-order valence-corrected chi connectivity index (χ4v) is 4.37. The smallest absolute Gasteiger partial charge is 0.410 e. The van der Waals surface area contributed by atoms with Crippen molar-refractivity contribution in [3.8, 4) is 0 Å². The van der Waals surface area contributed by atoms with E-state index in [4.69, 9.17) is 9.47 Å². The fraction of sp³-hybridized carbons (Fsp3) is 0.652. The van der Waals surface area contributed by atoms with E-state index in [-0.39, 0.29) is 17.6 Å². The van der Waals surface area contributed by atoms with Gasteiger partial charge >= 0.3 is 12.2 Å². The van der Waals surface area contributed by atoms with Gasteiger partial charge in [-0.1, -0.05) is 24.3 Å². The number of fused-ring (bicyclic) bond motifs is 1. The summed E-state index contributed by atoms with van der Waals surface area (Å²) in [6.45, 7) is 12.5. The van der Waals surface area contributed by atoms with Crippen LogP contribution in [0.3, 0.4) is 0 Å². The number of nitrogens with zero attached hydrogens (tertiary/aromatic N) is 1. The molecule has 29 heavy (non-hydrogen) atoms. The summed E-state index contributed by atoms with van der Waals surface area (Å²) in [5, 5.41) is 3.14. The van der Waals surface area contributed by atoms with Crippen molar-refractivity contribution in [1.29, 1.82) is 0 Å². The largest absolute Gasteiger partial charge is 0.444 e. The van der Waals surface area contributed by atoms with Gasteiger partial charge in [0.2, 0.25) is 0 Å². The van der Waals surface area contributed by atoms with E-state index in [1.54, 1.807) is 4.90 Å². The number of likely N-dealkylation sites (tertiary alicyclic amines) is 1. The Bertz CT molecular complexity index is 768. The van der Waals surface area contributed by atoms with Crippen molar-refractivity contribution in [2.75, 3.05) is 13.1 Å². The summed E-state index contributed by atoms with van der Waals surface area (Å²) >= 11 is 0. The zero-order chi connectivity index (χ0) is 21.4. The number of hydrogen-bond donors (Lipinski definition) is 1. The summed E-state index contributed by atoms with van der Waals surface area (Å²) in [6, 6.07) is 8.16. The topological polar surface area (TPSA) is 67.9 Å². The van der Waals surface area contributed by atoms with Crippen molar-refractivity contribution in [1.82, 2.24) is 10.2 Å². The number of rotatable bonds is 1. The van der Waals surface area contributed by atoms with Crippen LogP contribution in [0.25, 0.3) is 0 Å². The Labute approximate surface area is 173 Å². The molecule has 1 aliphatic heterocycles. The summed E-state index contributed by atoms with van der Waals surface area (Å²) in [5.41, 5.74) is 1.26. The highest BCUT2D eigenvalue weighted by atomic mass is 16.6. The minimum Gasteiger partial charge on any atom is -0.444 e. The van der Waals surface area contributed by atoms with Gasteiger partial charge in [-0.05, 0) is 71.9 Å². The van der Waals surface area contributed by atoms with E-state index in [9.17, 15) is 9.59 Å². The molecule has 1 aliphatic carbocycles. The Morgan fingerprint density at radius 3 is 2.17 bits per heavy atom. The van der Waals surface area contributed by atoms with E-state index in [2.05, 4.69) is 17.4 Å². The maximum atomic E-state index is 12.6. The second-order valence-electron chi connectivity index (χ2n) is 10.3. The zero-order valence-corrected chi connectivity index (χ0v) is 18.5. The molecule has 1 aromatic rings. The first-order valence-corrected chi connectivity index (χ1v) is 10.4. The molecule has 1 fully saturated rings. The van der Waals surface area contributed by atoms with E-state index < -0.39 is 17.3 Å². The minimum atomic E-state index is -0.546. The van der Waals surface area contributed by atoms with Crippen LogP contribution in [0.4, 0.5) is 9.59 Å². The molecule has 1 unspecified atom stereocenters. The summed E-state index contributed by atoms with van der Waals surface area (Å²) < 4.78 is 11.1. The van der Waals surface area contributed by atoms with Crippen LogP contribution in [0.1, 0.15) is 71.6 Å². The van der Waals surface area contributed by atoms with Crippen molar-refractivity contribution in [3.63, 3.8) is 0 Å². The lowest BCUT2D eigenvalue weighted by Crippen LogP contribution is -2.49. The second kappa shape index (κ2) is 7.54. The molecule has 6 heteroatoms. The van der Waals surface area contributed by atoms with Crippen molar-refractivity contribution in [3.05, 3.63) is 35.4 Å². The highest BCUT2D eigenvalue weighted by Gasteiger charge is 2.49. The van der Waals surface area contributed by atoms with Gasteiger partial charge in [0.05, 0.1) is 6.04 Å². The van der Waals surface area contributed by atoms with Gasteiger partial charge in [-0.15, -0.1) is 0 Å². The number of carbonyl (C=O) groups excluding carboxylic acids is 2. The minimum absolute atomic E-state index is 0.112. The van der Waals surface area contributed by atoms with Gasteiger partial charge in [-0.25, -0.2) is 9.59 Å². The molecule has 3 rings (SSSR count). The van der Waals surface area contributed by atoms with E-state index in [0.29, 0.717) is 13.1 Å². The Morgan fingerprint density at radius 2 is 1.59 bits per heavy atom. The average Bonchev–Trinajstić information content (AvgIpc) is 2.85. The molecule has 1 spiro atoms. The van der Waals surface area contributed by atoms with Crippen LogP contribution in [0.5, 0.6) is 0 Å². The molecule has 0 saturated carbocycles. The molecule has 0 bridgehead atoms. The number of benzene rings is 1. The quantitative estimate of drug-likeness (QED) is 0.731. The summed E-state index contributed by atoms with van der Waals surface area (Å²) in [4.78, 5) is 26.8. The SMILES string of the molecule is CC(C)(C)OC(=O)NC1c2ccccc2CC12CCN(C(=O)OC(C)(C)C)CC2. The Hall–Kier alpha value is -2.24. The fourth-order valence-electron chi connectivity index (χ4n) is 4.37. The lowest BCUT2D eigenvalue weighted by atomic mass is 9.73. The average molecular weight is 403 g/mol. The third-order valence-corrected chi connectivity index (χ3v) is 5.59. The van der Waals surface area contributed by atoms with Crippen LogP contribution in [-0.2, 0) is 15.9 Å². The third kappa shape index (κ3) is 5.03. The van der Waals surface area contributed by atoms with E-state index >= 15 is 0 Å². The van der Waals surface area contributed by atoms with Gasteiger partial charge in [-0.3, -0.25) is 0 Å². The number of amides is 2. The normalized spacial score (nSPS) is 20.9. The molecule has 1 atom stereocenters. The predicted molar refractivity (Wildman–Crippen MR) is 112 cm³/mol. The predicted octanol–water partition coefficient (Wildman–Crippen LogP) is 4.83. The highest BCUT2D eigenvalue weighted by molar-refractivity contribution is 5.70. The van der Waals surface area contributed by atoms with Crippen molar-refractivity contribution < 1.29 is 19.1 Å². The first-order valence-electron chi connectivity index (χ1n) is 10.4. The van der Waals surface area contributed by atoms with Gasteiger partial charge in [0, 0.05) is 18.5 Å². The maximum absolute atomic E-state index is 12.6. The van der Waals surface area contributed by atoms with Gasteiger partial charge in [0.1, 0.15) is 11.2 Å². The molecule has 160 valence electrons. The van der Waals surface area contributed by atoms with Crippen LogP contribution in [0, 0.1) is 5.41 Å². The molecular formula is C23H34N2O4. The molecule has 1 N–H and O–H groups in total. The summed E-state index contributed by atoms with van der Waals surface area (Å²) in [6.07, 6.45) is 1.85. The molecule has 2 amide bonds. The lowest BCUT2D eigenvalue weighted by Gasteiger charge is -2.43. The maximum Gasteiger partial charge on any atom is 0.410 e. The molecule has 0 aromatic heterocycles. The van der Waals surface area contributed by atoms with Crippen LogP contribution in [0.2, 0.25) is 0 Å². The molecule has 1 aromatic carbocycles. The van der Waals surface area contributed by atoms with Crippen molar-refractivity contribution in [2.24, 2.45) is 5.41 Å². The molecule has 1 saturated heterocycles. The number of alkyl carbamates (subject to hydrolysis) is 1. The van der Waals surface area contributed by atoms with Crippen LogP contribution in [0.15, 0.2) is 24.3 Å². The second-order valence-corrected chi connectivity index (χ2v) is 10.3. The van der Waals surface area contributed by atoms with Gasteiger partial charge in [-0.2, -0.15) is 0 Å². The monoisotopic (exact) mass is 402 g/mol. The Morgan fingerprint density at radius 1 is 1.00 bits per heavy atom. The van der Waals surface area contributed by atoms with E-state index in [0.717, 1.165) is 24.8 Å². The summed E-state index contributed by atoms with van der Waals surface area (Å²) in [5.74, 6) is 0. The number of nitrogens with one attached hydrogen (secondary N) is 1. The van der Waals surface area contributed by atoms with Crippen LogP contribution >= 0.6 is 0 Å². The highest BCUT2D eigenvalue weighted by Crippen LogP contribution is 2.52. The molecule has 6 nitrogen and oxygen atoms in total. The molecule has 2 aliphatic rings. The van der Waals surface area contributed by atoms with Gasteiger partial charge in [0.15, 0.2) is 0 Å². The first-order chi connectivity index (χ1) is 13.4. The van der Waals surface area contributed by atoms with Gasteiger partial charge < -0.3 is 19.7 Å². The number of ether oxygens (including phenoxy) is 2. The first kappa shape index (κ1) is 21.5. The molecule has 0 radical (unpaired) electrons. The van der Waals surface area contributed by atoms with Crippen LogP contribution < -0.4 is 5.32 Å². The lowest BCUT2D eigenvalue weighted by molar-refractivity contribution is 0.00332. The van der Waals surface area contributed by atoms with Crippen molar-refractivity contribution >= 4 is 12.2 Å². The van der Waals surface area contributed by atoms with E-state index in [1.165, 1.54) is 5.56 Å². The Kier molecular flexibility index (Phi) is 5.58. The Balaban J connectivity index is 1.76. The number of piperidine rings is 1. The van der Waals surface area contributed by atoms with Gasteiger partial charge in [0.25, 0.3) is 0 Å². The number of hydrogen-bond acceptors (Lipinski definition) is 4. The number of carbonyl (C=O) groups is 2. The van der Waals surface area contributed by atoms with Crippen molar-refractivity contribution in [2.45, 2.75) is 78.0 Å². The molecule has 1 heterocycles. The van der Waals surface area contributed by atoms with Crippen LogP contribution in [-0.4, -0.2) is 41.4 Å². The third-order valence-electron chi connectivity index (χ3n) is 5.59. The molecular weight excluding hydrogens is 368 g/mol. The van der Waals surface area contributed by atoms with E-state index in [1.807, 2.05) is 53.7 Å². The zero-order valence-electron chi connectivity index (χ0n) is 18.5. The standard InChI is InChI=1S/C23H34N2O4/c1-21(2,3)28-19(26)24-18-17-10-8-7-9-16(17)15-23(18)11-13-25(14-12-23)20(27)29-22(4,5)6/h7-10,18H,11-15H2,1-6H3,(H,24,26). The summed E-state index contributed by atoms with van der Waals surface area (Å²) in [7, 11) is 0.